The maximum atomic E-state index is 9.56. The Kier molecular flexibility index (Phi) is 33.9. The molecule has 0 aliphatic rings. The van der Waals surface area contributed by atoms with Crippen molar-refractivity contribution in [1.82, 2.24) is 0 Å². The van der Waals surface area contributed by atoms with E-state index in [1.807, 2.05) is 13.8 Å². The van der Waals surface area contributed by atoms with E-state index in [9.17, 15) is 10.2 Å². The summed E-state index contributed by atoms with van der Waals surface area (Å²) >= 11 is 0. The smallest absolute Gasteiger partial charge is 0.853 e. The minimum absolute atomic E-state index is 0. The Morgan fingerprint density at radius 1 is 0.846 bits per heavy atom. The molecular formula is C8H18MgO4. The zero-order chi connectivity index (χ0) is 9.66. The Balaban J connectivity index is -0.000000143. The van der Waals surface area contributed by atoms with Crippen LogP contribution in [0, 0.1) is 0 Å². The molecule has 0 saturated heterocycles. The van der Waals surface area contributed by atoms with Crippen LogP contribution in [0.4, 0.5) is 0 Å². The molecule has 0 aromatic carbocycles. The number of hydrogen-bond acceptors (Lipinski definition) is 4. The van der Waals surface area contributed by atoms with Gasteiger partial charge in [-0.05, 0) is 13.8 Å². The topological polar surface area (TPSA) is 64.6 Å². The number of ether oxygens (including phenoxy) is 2. The van der Waals surface area contributed by atoms with Crippen molar-refractivity contribution in [2.24, 2.45) is 0 Å². The van der Waals surface area contributed by atoms with E-state index in [0.717, 1.165) is 0 Å². The van der Waals surface area contributed by atoms with Gasteiger partial charge in [-0.15, -0.1) is 13.2 Å². The van der Waals surface area contributed by atoms with E-state index in [1.54, 1.807) is 0 Å². The van der Waals surface area contributed by atoms with Gasteiger partial charge in [0.25, 0.3) is 0 Å². The Hall–Kier alpha value is 0.606. The summed E-state index contributed by atoms with van der Waals surface area (Å²) in [6.07, 6.45) is 0. The predicted molar refractivity (Wildman–Crippen MR) is 48.5 cm³/mol. The first-order valence-corrected chi connectivity index (χ1v) is 4.15. The van der Waals surface area contributed by atoms with Gasteiger partial charge in [-0.1, -0.05) is 0 Å². The van der Waals surface area contributed by atoms with Gasteiger partial charge in [-0.2, -0.15) is 0 Å². The van der Waals surface area contributed by atoms with Gasteiger partial charge in [-0.25, -0.2) is 0 Å². The van der Waals surface area contributed by atoms with Gasteiger partial charge >= 0.3 is 23.1 Å². The molecule has 0 saturated carbocycles. The summed E-state index contributed by atoms with van der Waals surface area (Å²) in [6.45, 7) is 5.53. The molecule has 13 heavy (non-hydrogen) atoms. The van der Waals surface area contributed by atoms with Crippen LogP contribution in [0.5, 0.6) is 0 Å². The second kappa shape index (κ2) is 22.9. The molecule has 0 unspecified atom stereocenters. The molecule has 0 N–H and O–H groups in total. The summed E-state index contributed by atoms with van der Waals surface area (Å²) in [7, 11) is 0. The van der Waals surface area contributed by atoms with E-state index in [4.69, 9.17) is 0 Å². The van der Waals surface area contributed by atoms with E-state index >= 15 is 0 Å². The van der Waals surface area contributed by atoms with Crippen LogP contribution < -0.4 is 10.2 Å². The molecule has 0 aromatic rings. The first-order valence-electron chi connectivity index (χ1n) is 4.15. The van der Waals surface area contributed by atoms with Crippen molar-refractivity contribution in [2.75, 3.05) is 39.6 Å². The van der Waals surface area contributed by atoms with Crippen LogP contribution in [0.25, 0.3) is 0 Å². The standard InChI is InChI=1S/2C4H9O2.Mg/c2*1-2-6-4-3-5;/h2*2-4H2,1H3;/q2*-1;+2. The van der Waals surface area contributed by atoms with Gasteiger partial charge in [0.05, 0.1) is 0 Å². The molecule has 0 heterocycles. The zero-order valence-electron chi connectivity index (χ0n) is 8.58. The largest absolute Gasteiger partial charge is 2.00 e. The summed E-state index contributed by atoms with van der Waals surface area (Å²) in [6, 6.07) is 0. The van der Waals surface area contributed by atoms with Crippen molar-refractivity contribution in [3.8, 4) is 0 Å². The maximum Gasteiger partial charge on any atom is 2.00 e. The van der Waals surface area contributed by atoms with Crippen LogP contribution in [0.2, 0.25) is 0 Å². The molecule has 76 valence electrons. The van der Waals surface area contributed by atoms with Crippen LogP contribution in [-0.2, 0) is 9.47 Å². The monoisotopic (exact) mass is 202 g/mol. The van der Waals surface area contributed by atoms with Crippen LogP contribution in [-0.4, -0.2) is 62.7 Å². The Morgan fingerprint density at radius 3 is 1.23 bits per heavy atom. The minimum atomic E-state index is -0.117. The van der Waals surface area contributed by atoms with E-state index < -0.39 is 0 Å². The van der Waals surface area contributed by atoms with Crippen molar-refractivity contribution in [2.45, 2.75) is 13.8 Å². The molecule has 5 heteroatoms. The predicted octanol–water partition coefficient (Wildman–Crippen LogP) is -1.61. The second-order valence-corrected chi connectivity index (χ2v) is 1.80. The fourth-order valence-electron chi connectivity index (χ4n) is 0.407. The normalized spacial score (nSPS) is 8.31. The van der Waals surface area contributed by atoms with Crippen LogP contribution in [0.3, 0.4) is 0 Å². The molecule has 0 rings (SSSR count). The third-order valence-corrected chi connectivity index (χ3v) is 0.864. The second-order valence-electron chi connectivity index (χ2n) is 1.80. The van der Waals surface area contributed by atoms with E-state index in [0.29, 0.717) is 26.4 Å². The van der Waals surface area contributed by atoms with Gasteiger partial charge in [0.2, 0.25) is 0 Å². The molecule has 4 nitrogen and oxygen atoms in total. The van der Waals surface area contributed by atoms with Crippen molar-refractivity contribution in [1.29, 1.82) is 0 Å². The molecular weight excluding hydrogens is 184 g/mol. The molecule has 0 aliphatic carbocycles. The van der Waals surface area contributed by atoms with Gasteiger partial charge in [0.1, 0.15) is 0 Å². The summed E-state index contributed by atoms with van der Waals surface area (Å²) in [5, 5.41) is 19.1. The Labute approximate surface area is 96.4 Å². The average Bonchev–Trinajstić information content (AvgIpc) is 2.12. The summed E-state index contributed by atoms with van der Waals surface area (Å²) in [5.74, 6) is 0. The van der Waals surface area contributed by atoms with Gasteiger partial charge in [-0.3, -0.25) is 0 Å². The molecule has 0 aliphatic heterocycles. The average molecular weight is 203 g/mol. The molecule has 0 amide bonds. The first kappa shape index (κ1) is 19.2. The molecule has 0 aromatic heterocycles. The van der Waals surface area contributed by atoms with Gasteiger partial charge in [0.15, 0.2) is 0 Å². The fraction of sp³-hybridized carbons (Fsp3) is 1.00. The van der Waals surface area contributed by atoms with Crippen molar-refractivity contribution in [3.63, 3.8) is 0 Å². The molecule has 0 bridgehead atoms. The molecule has 0 spiro atoms. The fourth-order valence-corrected chi connectivity index (χ4v) is 0.407. The summed E-state index contributed by atoms with van der Waals surface area (Å²) < 4.78 is 9.34. The third kappa shape index (κ3) is 32.5. The van der Waals surface area contributed by atoms with Gasteiger partial charge < -0.3 is 19.7 Å². The van der Waals surface area contributed by atoms with Crippen molar-refractivity contribution in [3.05, 3.63) is 0 Å². The number of hydrogen-bond donors (Lipinski definition) is 0. The number of rotatable bonds is 6. The van der Waals surface area contributed by atoms with Crippen LogP contribution in [0.1, 0.15) is 13.8 Å². The summed E-state index contributed by atoms with van der Waals surface area (Å²) in [5.41, 5.74) is 0. The van der Waals surface area contributed by atoms with Gasteiger partial charge in [0, 0.05) is 26.4 Å². The van der Waals surface area contributed by atoms with Crippen molar-refractivity contribution < 1.29 is 19.7 Å². The van der Waals surface area contributed by atoms with E-state index in [2.05, 4.69) is 9.47 Å². The molecule has 0 atom stereocenters. The van der Waals surface area contributed by atoms with Crippen molar-refractivity contribution >= 4 is 23.1 Å². The summed E-state index contributed by atoms with van der Waals surface area (Å²) in [4.78, 5) is 0. The SMILES string of the molecule is CCOCC[O-].CCOCC[O-].[Mg+2]. The Bertz CT molecular complexity index is 48.1. The minimum Gasteiger partial charge on any atom is -0.853 e. The van der Waals surface area contributed by atoms with E-state index in [1.165, 1.54) is 0 Å². The molecule has 0 radical (unpaired) electrons. The zero-order valence-corrected chi connectivity index (χ0v) is 10.00. The first-order chi connectivity index (χ1) is 5.83. The van der Waals surface area contributed by atoms with Crippen LogP contribution in [0.15, 0.2) is 0 Å². The van der Waals surface area contributed by atoms with E-state index in [-0.39, 0.29) is 36.3 Å². The Morgan fingerprint density at radius 2 is 1.15 bits per heavy atom. The maximum absolute atomic E-state index is 9.56. The quantitative estimate of drug-likeness (QED) is 0.384. The third-order valence-electron chi connectivity index (χ3n) is 0.864. The van der Waals surface area contributed by atoms with Crippen LogP contribution >= 0.6 is 0 Å². The molecule has 0 fully saturated rings.